The van der Waals surface area contributed by atoms with Crippen molar-refractivity contribution >= 4 is 39.9 Å². The van der Waals surface area contributed by atoms with Crippen molar-refractivity contribution in [3.8, 4) is 0 Å². The molecule has 1 amide bonds. The van der Waals surface area contributed by atoms with Gasteiger partial charge in [-0.1, -0.05) is 0 Å². The largest absolute Gasteiger partial charge is 0.359 e. The molecule has 0 aliphatic carbocycles. The van der Waals surface area contributed by atoms with Crippen molar-refractivity contribution in [3.63, 3.8) is 0 Å². The number of nitrogens with one attached hydrogen (secondary N) is 1. The maximum Gasteiger partial charge on any atom is 0.282 e. The van der Waals surface area contributed by atoms with Crippen molar-refractivity contribution in [1.82, 2.24) is 5.32 Å². The third-order valence-electron chi connectivity index (χ3n) is 3.26. The number of hydrogen-bond acceptors (Lipinski definition) is 4. The summed E-state index contributed by atoms with van der Waals surface area (Å²) in [6, 6.07) is 4.79. The number of carbonyl (C=O) groups is 1. The SMILES string of the molecule is CNC(=O)C1CCCN1c1ccc([N+](=O)[O-])c(I)c1. The summed E-state index contributed by atoms with van der Waals surface area (Å²) < 4.78 is 0.586. The van der Waals surface area contributed by atoms with Crippen LogP contribution >= 0.6 is 22.6 Å². The van der Waals surface area contributed by atoms with Gasteiger partial charge in [-0.3, -0.25) is 14.9 Å². The Morgan fingerprint density at radius 2 is 2.32 bits per heavy atom. The van der Waals surface area contributed by atoms with Crippen LogP contribution in [0.2, 0.25) is 0 Å². The zero-order valence-electron chi connectivity index (χ0n) is 10.4. The van der Waals surface area contributed by atoms with Crippen molar-refractivity contribution in [3.05, 3.63) is 31.9 Å². The average Bonchev–Trinajstić information content (AvgIpc) is 2.86. The summed E-state index contributed by atoms with van der Waals surface area (Å²) >= 11 is 1.95. The van der Waals surface area contributed by atoms with Crippen LogP contribution in [-0.2, 0) is 4.79 Å². The highest BCUT2D eigenvalue weighted by Crippen LogP contribution is 2.30. The summed E-state index contributed by atoms with van der Waals surface area (Å²) in [7, 11) is 1.62. The minimum Gasteiger partial charge on any atom is -0.359 e. The lowest BCUT2D eigenvalue weighted by Gasteiger charge is -2.25. The van der Waals surface area contributed by atoms with Gasteiger partial charge in [0.1, 0.15) is 6.04 Å². The molecule has 1 atom stereocenters. The smallest absolute Gasteiger partial charge is 0.282 e. The molecule has 0 radical (unpaired) electrons. The second-order valence-corrected chi connectivity index (χ2v) is 5.52. The Hall–Kier alpha value is -1.38. The lowest BCUT2D eigenvalue weighted by Crippen LogP contribution is -2.42. The highest BCUT2D eigenvalue weighted by atomic mass is 127. The summed E-state index contributed by atoms with van der Waals surface area (Å²) in [5, 5.41) is 13.5. The Labute approximate surface area is 124 Å². The molecule has 1 aliphatic rings. The predicted octanol–water partition coefficient (Wildman–Crippen LogP) is 1.91. The molecule has 1 fully saturated rings. The molecule has 19 heavy (non-hydrogen) atoms. The van der Waals surface area contributed by atoms with Crippen LogP contribution in [0.4, 0.5) is 11.4 Å². The van der Waals surface area contributed by atoms with E-state index in [1.807, 2.05) is 27.5 Å². The van der Waals surface area contributed by atoms with E-state index >= 15 is 0 Å². The molecule has 6 nitrogen and oxygen atoms in total. The van der Waals surface area contributed by atoms with Crippen molar-refractivity contribution in [1.29, 1.82) is 0 Å². The molecule has 0 bridgehead atoms. The third kappa shape index (κ3) is 2.80. The molecule has 1 heterocycles. The Morgan fingerprint density at radius 1 is 1.58 bits per heavy atom. The second-order valence-electron chi connectivity index (χ2n) is 4.36. The summed E-state index contributed by atoms with van der Waals surface area (Å²) in [5.74, 6) is -0.00846. The zero-order valence-corrected chi connectivity index (χ0v) is 12.6. The van der Waals surface area contributed by atoms with Gasteiger partial charge in [0.25, 0.3) is 5.69 Å². The van der Waals surface area contributed by atoms with E-state index in [0.717, 1.165) is 25.1 Å². The van der Waals surface area contributed by atoms with E-state index in [1.54, 1.807) is 19.2 Å². The first-order chi connectivity index (χ1) is 9.04. The van der Waals surface area contributed by atoms with Crippen molar-refractivity contribution in [2.45, 2.75) is 18.9 Å². The molecule has 102 valence electrons. The molecular weight excluding hydrogens is 361 g/mol. The van der Waals surface area contributed by atoms with Gasteiger partial charge in [0.2, 0.25) is 5.91 Å². The van der Waals surface area contributed by atoms with Crippen LogP contribution in [0, 0.1) is 13.7 Å². The van der Waals surface area contributed by atoms with Crippen LogP contribution in [0.3, 0.4) is 0 Å². The minimum absolute atomic E-state index is 0.00846. The van der Waals surface area contributed by atoms with Gasteiger partial charge in [-0.05, 0) is 47.6 Å². The van der Waals surface area contributed by atoms with Crippen molar-refractivity contribution in [2.75, 3.05) is 18.5 Å². The molecule has 1 aliphatic heterocycles. The van der Waals surface area contributed by atoms with Crippen LogP contribution in [-0.4, -0.2) is 30.5 Å². The van der Waals surface area contributed by atoms with Crippen LogP contribution in [0.15, 0.2) is 18.2 Å². The lowest BCUT2D eigenvalue weighted by atomic mass is 10.2. The standard InChI is InChI=1S/C12H14IN3O3/c1-14-12(17)11-3-2-6-15(11)8-4-5-10(16(18)19)9(13)7-8/h4-5,7,11H,2-3,6H2,1H3,(H,14,17). The number of nitrogens with zero attached hydrogens (tertiary/aromatic N) is 2. The third-order valence-corrected chi connectivity index (χ3v) is 4.13. The normalized spacial score (nSPS) is 18.4. The molecule has 1 aromatic rings. The maximum atomic E-state index is 11.8. The Bertz CT molecular complexity index is 521. The van der Waals surface area contributed by atoms with E-state index in [1.165, 1.54) is 6.07 Å². The van der Waals surface area contributed by atoms with Crippen LogP contribution in [0.25, 0.3) is 0 Å². The first-order valence-electron chi connectivity index (χ1n) is 5.96. The Kier molecular flexibility index (Phi) is 4.23. The van der Waals surface area contributed by atoms with Crippen LogP contribution in [0.1, 0.15) is 12.8 Å². The highest BCUT2D eigenvalue weighted by Gasteiger charge is 2.30. The van der Waals surface area contributed by atoms with Gasteiger partial charge in [-0.2, -0.15) is 0 Å². The number of nitro benzene ring substituents is 1. The van der Waals surface area contributed by atoms with Crippen molar-refractivity contribution in [2.24, 2.45) is 0 Å². The number of hydrogen-bond donors (Lipinski definition) is 1. The number of benzene rings is 1. The number of likely N-dealkylation sites (N-methyl/N-ethyl adjacent to an activating group) is 1. The number of carbonyl (C=O) groups excluding carboxylic acids is 1. The molecule has 1 saturated heterocycles. The van der Waals surface area contributed by atoms with Crippen LogP contribution in [0.5, 0.6) is 0 Å². The summed E-state index contributed by atoms with van der Waals surface area (Å²) in [6.45, 7) is 0.798. The van der Waals surface area contributed by atoms with Gasteiger partial charge in [-0.15, -0.1) is 0 Å². The average molecular weight is 375 g/mol. The quantitative estimate of drug-likeness (QED) is 0.498. The molecule has 7 heteroatoms. The summed E-state index contributed by atoms with van der Waals surface area (Å²) in [4.78, 5) is 24.2. The van der Waals surface area contributed by atoms with E-state index < -0.39 is 4.92 Å². The number of halogens is 1. The molecule has 1 unspecified atom stereocenters. The van der Waals surface area contributed by atoms with Gasteiger partial charge in [-0.25, -0.2) is 0 Å². The fourth-order valence-corrected chi connectivity index (χ4v) is 3.03. The van der Waals surface area contributed by atoms with Gasteiger partial charge >= 0.3 is 0 Å². The van der Waals surface area contributed by atoms with E-state index in [-0.39, 0.29) is 17.6 Å². The minimum atomic E-state index is -0.397. The number of rotatable bonds is 3. The predicted molar refractivity (Wildman–Crippen MR) is 80.2 cm³/mol. The molecule has 1 N–H and O–H groups in total. The molecular formula is C12H14IN3O3. The van der Waals surface area contributed by atoms with Gasteiger partial charge < -0.3 is 10.2 Å². The molecule has 0 saturated carbocycles. The topological polar surface area (TPSA) is 75.5 Å². The zero-order chi connectivity index (χ0) is 14.0. The van der Waals surface area contributed by atoms with E-state index in [2.05, 4.69) is 5.32 Å². The first kappa shape index (κ1) is 14.0. The molecule has 1 aromatic carbocycles. The lowest BCUT2D eigenvalue weighted by molar-refractivity contribution is -0.385. The second kappa shape index (κ2) is 5.72. The molecule has 2 rings (SSSR count). The van der Waals surface area contributed by atoms with E-state index in [9.17, 15) is 14.9 Å². The fraction of sp³-hybridized carbons (Fsp3) is 0.417. The van der Waals surface area contributed by atoms with Crippen molar-refractivity contribution < 1.29 is 9.72 Å². The van der Waals surface area contributed by atoms with Gasteiger partial charge in [0.15, 0.2) is 0 Å². The van der Waals surface area contributed by atoms with E-state index in [0.29, 0.717) is 3.57 Å². The maximum absolute atomic E-state index is 11.8. The van der Waals surface area contributed by atoms with Gasteiger partial charge in [0.05, 0.1) is 8.49 Å². The Balaban J connectivity index is 2.29. The highest BCUT2D eigenvalue weighted by molar-refractivity contribution is 14.1. The number of amides is 1. The number of nitro groups is 1. The van der Waals surface area contributed by atoms with E-state index in [4.69, 9.17) is 0 Å². The molecule has 0 spiro atoms. The fourth-order valence-electron chi connectivity index (χ4n) is 2.34. The Morgan fingerprint density at radius 3 is 2.89 bits per heavy atom. The number of anilines is 1. The monoisotopic (exact) mass is 375 g/mol. The summed E-state index contributed by atoms with van der Waals surface area (Å²) in [5.41, 5.74) is 0.959. The summed E-state index contributed by atoms with van der Waals surface area (Å²) in [6.07, 6.45) is 1.76. The molecule has 0 aromatic heterocycles. The van der Waals surface area contributed by atoms with Crippen LogP contribution < -0.4 is 10.2 Å². The first-order valence-corrected chi connectivity index (χ1v) is 7.04. The van der Waals surface area contributed by atoms with Gasteiger partial charge in [0, 0.05) is 25.3 Å².